The van der Waals surface area contributed by atoms with Gasteiger partial charge in [-0.15, -0.1) is 0 Å². The maximum atomic E-state index is 11.2. The minimum absolute atomic E-state index is 0.416. The fourth-order valence-corrected chi connectivity index (χ4v) is 3.35. The van der Waals surface area contributed by atoms with Crippen molar-refractivity contribution < 1.29 is 5.11 Å². The number of hydrogen-bond donors (Lipinski definition) is 2. The van der Waals surface area contributed by atoms with Crippen molar-refractivity contribution in [3.05, 3.63) is 78.9 Å². The van der Waals surface area contributed by atoms with Crippen molar-refractivity contribution in [1.82, 2.24) is 4.57 Å². The lowest BCUT2D eigenvalue weighted by Crippen LogP contribution is -2.37. The molecule has 4 rings (SSSR count). The van der Waals surface area contributed by atoms with Gasteiger partial charge in [0.2, 0.25) is 0 Å². The molecule has 0 aliphatic rings. The van der Waals surface area contributed by atoms with Crippen LogP contribution in [0.5, 0.6) is 0 Å². The molecule has 3 nitrogen and oxygen atoms in total. The summed E-state index contributed by atoms with van der Waals surface area (Å²) in [4.78, 5) is 0. The molecule has 3 heteroatoms. The summed E-state index contributed by atoms with van der Waals surface area (Å²) in [6.07, 6.45) is 0. The quantitative estimate of drug-likeness (QED) is 0.578. The minimum Gasteiger partial charge on any atom is -0.380 e. The lowest BCUT2D eigenvalue weighted by Gasteiger charge is -2.28. The third-order valence-corrected chi connectivity index (χ3v) is 4.46. The molecule has 0 bridgehead atoms. The summed E-state index contributed by atoms with van der Waals surface area (Å²) in [6, 6.07) is 26.4. The Morgan fingerprint density at radius 1 is 0.792 bits per heavy atom. The molecule has 1 atom stereocenters. The highest BCUT2D eigenvalue weighted by atomic mass is 16.3. The van der Waals surface area contributed by atoms with Crippen LogP contribution in [0.1, 0.15) is 6.92 Å². The predicted octanol–water partition coefficient (Wildman–Crippen LogP) is 4.57. The summed E-state index contributed by atoms with van der Waals surface area (Å²) in [5, 5.41) is 16.9. The maximum absolute atomic E-state index is 11.2. The van der Waals surface area contributed by atoms with Gasteiger partial charge < -0.3 is 15.0 Å². The number of hydrogen-bond acceptors (Lipinski definition) is 2. The van der Waals surface area contributed by atoms with Gasteiger partial charge in [0.1, 0.15) is 0 Å². The van der Waals surface area contributed by atoms with E-state index in [9.17, 15) is 5.11 Å². The Bertz CT molecular complexity index is 933. The van der Waals surface area contributed by atoms with E-state index in [4.69, 9.17) is 0 Å². The van der Waals surface area contributed by atoms with Crippen molar-refractivity contribution in [2.75, 3.05) is 11.9 Å². The van der Waals surface area contributed by atoms with Gasteiger partial charge in [-0.2, -0.15) is 0 Å². The number of rotatable bonds is 4. The molecule has 0 saturated heterocycles. The molecule has 1 aromatic heterocycles. The number of benzene rings is 3. The lowest BCUT2D eigenvalue weighted by atomic mass is 10.2. The molecule has 0 aliphatic heterocycles. The van der Waals surface area contributed by atoms with E-state index in [0.717, 1.165) is 27.5 Å². The summed E-state index contributed by atoms with van der Waals surface area (Å²) >= 11 is 0. The van der Waals surface area contributed by atoms with Gasteiger partial charge in [-0.3, -0.25) is 0 Å². The Labute approximate surface area is 141 Å². The first-order chi connectivity index (χ1) is 11.7. The first-order valence-electron chi connectivity index (χ1n) is 8.17. The topological polar surface area (TPSA) is 37.2 Å². The van der Waals surface area contributed by atoms with Crippen LogP contribution in [-0.2, 0) is 5.72 Å². The van der Waals surface area contributed by atoms with Crippen LogP contribution in [0.25, 0.3) is 21.8 Å². The Morgan fingerprint density at radius 2 is 1.29 bits per heavy atom. The van der Waals surface area contributed by atoms with Crippen molar-refractivity contribution in [2.45, 2.75) is 12.6 Å². The number of fused-ring (bicyclic) bond motifs is 3. The molecule has 0 radical (unpaired) electrons. The van der Waals surface area contributed by atoms with Crippen LogP contribution < -0.4 is 5.32 Å². The highest BCUT2D eigenvalue weighted by Crippen LogP contribution is 2.33. The van der Waals surface area contributed by atoms with Gasteiger partial charge in [0.15, 0.2) is 5.72 Å². The van der Waals surface area contributed by atoms with E-state index in [1.54, 1.807) is 0 Å². The van der Waals surface area contributed by atoms with E-state index >= 15 is 0 Å². The number of nitrogens with one attached hydrogen (secondary N) is 1. The molecule has 0 fully saturated rings. The highest BCUT2D eigenvalue weighted by Gasteiger charge is 2.26. The van der Waals surface area contributed by atoms with Crippen LogP contribution in [0.2, 0.25) is 0 Å². The van der Waals surface area contributed by atoms with Gasteiger partial charge >= 0.3 is 0 Å². The first kappa shape index (κ1) is 14.8. The van der Waals surface area contributed by atoms with Crippen molar-refractivity contribution in [3.63, 3.8) is 0 Å². The second kappa shape index (κ2) is 5.69. The molecule has 0 spiro atoms. The molecule has 120 valence electrons. The van der Waals surface area contributed by atoms with E-state index in [0.29, 0.717) is 6.54 Å². The molecule has 0 amide bonds. The second-order valence-electron chi connectivity index (χ2n) is 6.31. The van der Waals surface area contributed by atoms with E-state index in [1.807, 2.05) is 66.1 Å². The summed E-state index contributed by atoms with van der Waals surface area (Å²) in [7, 11) is 0. The molecule has 0 aliphatic carbocycles. The SMILES string of the molecule is CC(O)(CNc1ccccc1)n1c2ccccc2c2ccccc21. The summed E-state index contributed by atoms with van der Waals surface area (Å²) in [5.41, 5.74) is 2.02. The number of anilines is 1. The number of aromatic nitrogens is 1. The van der Waals surface area contributed by atoms with Gasteiger partial charge in [0.05, 0.1) is 17.6 Å². The van der Waals surface area contributed by atoms with Gasteiger partial charge in [-0.1, -0.05) is 54.6 Å². The fourth-order valence-electron chi connectivity index (χ4n) is 3.35. The first-order valence-corrected chi connectivity index (χ1v) is 8.17. The van der Waals surface area contributed by atoms with Crippen molar-refractivity contribution in [1.29, 1.82) is 0 Å². The zero-order chi connectivity index (χ0) is 16.6. The van der Waals surface area contributed by atoms with Crippen molar-refractivity contribution in [3.8, 4) is 0 Å². The van der Waals surface area contributed by atoms with Crippen molar-refractivity contribution in [2.24, 2.45) is 0 Å². The highest BCUT2D eigenvalue weighted by molar-refractivity contribution is 6.08. The monoisotopic (exact) mass is 316 g/mol. The van der Waals surface area contributed by atoms with Gasteiger partial charge in [0, 0.05) is 16.5 Å². The normalized spacial score (nSPS) is 13.9. The van der Waals surface area contributed by atoms with Crippen LogP contribution >= 0.6 is 0 Å². The number of nitrogens with zero attached hydrogens (tertiary/aromatic N) is 1. The van der Waals surface area contributed by atoms with E-state index in [1.165, 1.54) is 0 Å². The smallest absolute Gasteiger partial charge is 0.156 e. The van der Waals surface area contributed by atoms with Crippen LogP contribution in [0.15, 0.2) is 78.9 Å². The van der Waals surface area contributed by atoms with E-state index in [2.05, 4.69) is 29.6 Å². The number of aliphatic hydroxyl groups is 1. The zero-order valence-corrected chi connectivity index (χ0v) is 13.6. The average Bonchev–Trinajstić information content (AvgIpc) is 2.96. The average molecular weight is 316 g/mol. The molecule has 4 aromatic rings. The van der Waals surface area contributed by atoms with Crippen LogP contribution in [0.3, 0.4) is 0 Å². The third kappa shape index (κ3) is 2.43. The minimum atomic E-state index is -1.06. The standard InChI is InChI=1S/C21H20N2O/c1-21(24,15-22-16-9-3-2-4-10-16)23-19-13-7-5-11-17(19)18-12-6-8-14-20(18)23/h2-14,22,24H,15H2,1H3. The van der Waals surface area contributed by atoms with Crippen LogP contribution in [0.4, 0.5) is 5.69 Å². The van der Waals surface area contributed by atoms with Gasteiger partial charge in [-0.25, -0.2) is 0 Å². The molecule has 24 heavy (non-hydrogen) atoms. The predicted molar refractivity (Wildman–Crippen MR) is 100 cm³/mol. The van der Waals surface area contributed by atoms with Crippen LogP contribution in [0, 0.1) is 0 Å². The van der Waals surface area contributed by atoms with E-state index in [-0.39, 0.29) is 0 Å². The van der Waals surface area contributed by atoms with E-state index < -0.39 is 5.72 Å². The fraction of sp³-hybridized carbons (Fsp3) is 0.143. The molecule has 3 aromatic carbocycles. The molecule has 2 N–H and O–H groups in total. The Hall–Kier alpha value is -2.78. The number of para-hydroxylation sites is 3. The lowest BCUT2D eigenvalue weighted by molar-refractivity contribution is 0.00392. The molecule has 1 heterocycles. The Balaban J connectivity index is 1.81. The summed E-state index contributed by atoms with van der Waals surface area (Å²) in [6.45, 7) is 2.27. The Morgan fingerprint density at radius 3 is 1.88 bits per heavy atom. The maximum Gasteiger partial charge on any atom is 0.156 e. The molecular weight excluding hydrogens is 296 g/mol. The zero-order valence-electron chi connectivity index (χ0n) is 13.6. The van der Waals surface area contributed by atoms with Crippen molar-refractivity contribution >= 4 is 27.5 Å². The van der Waals surface area contributed by atoms with Crippen LogP contribution in [-0.4, -0.2) is 16.2 Å². The molecule has 0 saturated carbocycles. The molecule has 1 unspecified atom stereocenters. The summed E-state index contributed by atoms with van der Waals surface area (Å²) in [5.74, 6) is 0. The second-order valence-corrected chi connectivity index (χ2v) is 6.31. The third-order valence-electron chi connectivity index (χ3n) is 4.46. The van der Waals surface area contributed by atoms with Gasteiger partial charge in [-0.05, 0) is 31.2 Å². The van der Waals surface area contributed by atoms with Gasteiger partial charge in [0.25, 0.3) is 0 Å². The largest absolute Gasteiger partial charge is 0.380 e. The summed E-state index contributed by atoms with van der Waals surface area (Å²) < 4.78 is 2.02. The molecular formula is C21H20N2O. The Kier molecular flexibility index (Phi) is 3.51.